The summed E-state index contributed by atoms with van der Waals surface area (Å²) in [5.74, 6) is -2.34. The minimum absolute atomic E-state index is 0.0684. The second-order valence-corrected chi connectivity index (χ2v) is 5.40. The number of hydrogen-bond acceptors (Lipinski definition) is 7. The van der Waals surface area contributed by atoms with Crippen molar-refractivity contribution in [1.29, 1.82) is 0 Å². The molecule has 0 radical (unpaired) electrons. The van der Waals surface area contributed by atoms with Gasteiger partial charge < -0.3 is 9.15 Å². The fraction of sp³-hybridized carbons (Fsp3) is 0.0625. The number of halogens is 4. The third-order valence-electron chi connectivity index (χ3n) is 3.55. The largest absolute Gasteiger partial charge is 0.573 e. The van der Waals surface area contributed by atoms with Crippen LogP contribution in [0.2, 0.25) is 0 Å². The topological polar surface area (TPSA) is 95.9 Å². The molecule has 0 saturated carbocycles. The van der Waals surface area contributed by atoms with Gasteiger partial charge in [-0.2, -0.15) is 0 Å². The highest BCUT2D eigenvalue weighted by atomic mass is 19.4. The Morgan fingerprint density at radius 3 is 2.61 bits per heavy atom. The Labute approximate surface area is 152 Å². The Balaban J connectivity index is 1.75. The lowest BCUT2D eigenvalue weighted by Crippen LogP contribution is -2.18. The molecule has 0 aliphatic heterocycles. The molecule has 142 valence electrons. The molecule has 0 fully saturated rings. The standard InChI is InChI=1S/C16H7F4N5O3/c17-9-6-11-8(5-12(9)28-16(18,19)20)15(26)27-14(22-11)10-1-2-13(24-23-10)25-4-3-21-7-25/h1-7H. The van der Waals surface area contributed by atoms with E-state index in [1.54, 1.807) is 23.0 Å². The molecular formula is C16H7F4N5O3. The lowest BCUT2D eigenvalue weighted by atomic mass is 10.2. The average molecular weight is 393 g/mol. The monoisotopic (exact) mass is 393 g/mol. The van der Waals surface area contributed by atoms with Crippen LogP contribution in [0.25, 0.3) is 28.3 Å². The Kier molecular flexibility index (Phi) is 4.02. The second kappa shape index (κ2) is 6.40. The van der Waals surface area contributed by atoms with Gasteiger partial charge in [-0.3, -0.25) is 4.57 Å². The molecule has 0 atom stereocenters. The van der Waals surface area contributed by atoms with Crippen LogP contribution < -0.4 is 10.4 Å². The van der Waals surface area contributed by atoms with Gasteiger partial charge in [0.2, 0.25) is 0 Å². The van der Waals surface area contributed by atoms with Gasteiger partial charge in [-0.05, 0) is 12.1 Å². The van der Waals surface area contributed by atoms with E-state index in [0.717, 1.165) is 0 Å². The Morgan fingerprint density at radius 1 is 1.14 bits per heavy atom. The summed E-state index contributed by atoms with van der Waals surface area (Å²) in [7, 11) is 0. The summed E-state index contributed by atoms with van der Waals surface area (Å²) in [6, 6.07) is 4.23. The first-order valence-electron chi connectivity index (χ1n) is 7.53. The van der Waals surface area contributed by atoms with Crippen LogP contribution in [0, 0.1) is 5.82 Å². The van der Waals surface area contributed by atoms with E-state index in [1.165, 1.54) is 12.4 Å². The van der Waals surface area contributed by atoms with Crippen LogP contribution in [0.4, 0.5) is 17.6 Å². The molecule has 3 heterocycles. The molecule has 0 aliphatic rings. The van der Waals surface area contributed by atoms with Gasteiger partial charge in [0.1, 0.15) is 12.0 Å². The molecule has 0 spiro atoms. The van der Waals surface area contributed by atoms with E-state index in [1.807, 2.05) is 0 Å². The van der Waals surface area contributed by atoms with Crippen molar-refractivity contribution < 1.29 is 26.7 Å². The van der Waals surface area contributed by atoms with E-state index < -0.39 is 23.6 Å². The molecule has 3 aromatic heterocycles. The number of rotatable bonds is 3. The fourth-order valence-electron chi connectivity index (χ4n) is 2.36. The summed E-state index contributed by atoms with van der Waals surface area (Å²) >= 11 is 0. The number of aromatic nitrogens is 5. The van der Waals surface area contributed by atoms with Crippen molar-refractivity contribution in [2.75, 3.05) is 0 Å². The second-order valence-electron chi connectivity index (χ2n) is 5.40. The van der Waals surface area contributed by atoms with Crippen molar-refractivity contribution in [3.63, 3.8) is 0 Å². The van der Waals surface area contributed by atoms with Gasteiger partial charge in [0, 0.05) is 24.5 Å². The first-order chi connectivity index (χ1) is 13.3. The zero-order chi connectivity index (χ0) is 19.9. The molecule has 4 rings (SSSR count). The van der Waals surface area contributed by atoms with Gasteiger partial charge in [0.15, 0.2) is 17.4 Å². The summed E-state index contributed by atoms with van der Waals surface area (Å²) < 4.78 is 60.9. The van der Waals surface area contributed by atoms with Crippen LogP contribution in [-0.4, -0.2) is 31.1 Å². The number of fused-ring (bicyclic) bond motifs is 1. The molecule has 0 saturated heterocycles. The van der Waals surface area contributed by atoms with Crippen molar-refractivity contribution in [2.45, 2.75) is 6.36 Å². The molecule has 0 N–H and O–H groups in total. The molecule has 4 aromatic rings. The van der Waals surface area contributed by atoms with Crippen LogP contribution in [0.15, 0.2) is 52.2 Å². The van der Waals surface area contributed by atoms with E-state index in [2.05, 4.69) is 24.9 Å². The zero-order valence-electron chi connectivity index (χ0n) is 13.5. The minimum Gasteiger partial charge on any atom is -0.403 e. The van der Waals surface area contributed by atoms with E-state index in [-0.39, 0.29) is 22.5 Å². The number of nitrogens with zero attached hydrogens (tertiary/aromatic N) is 5. The third-order valence-corrected chi connectivity index (χ3v) is 3.55. The Hall–Kier alpha value is -3.83. The molecule has 12 heteroatoms. The minimum atomic E-state index is -5.12. The van der Waals surface area contributed by atoms with Gasteiger partial charge in [-0.15, -0.1) is 23.4 Å². The van der Waals surface area contributed by atoms with Crippen molar-refractivity contribution >= 4 is 10.9 Å². The maximum absolute atomic E-state index is 13.9. The number of hydrogen-bond donors (Lipinski definition) is 0. The summed E-state index contributed by atoms with van der Waals surface area (Å²) in [6.07, 6.45) is -0.428. The molecule has 0 bridgehead atoms. The van der Waals surface area contributed by atoms with Crippen molar-refractivity contribution in [1.82, 2.24) is 24.7 Å². The summed E-state index contributed by atoms with van der Waals surface area (Å²) in [6.45, 7) is 0. The molecular weight excluding hydrogens is 386 g/mol. The maximum Gasteiger partial charge on any atom is 0.573 e. The number of imidazole rings is 1. The summed E-state index contributed by atoms with van der Waals surface area (Å²) in [5.41, 5.74) is -1.19. The normalized spacial score (nSPS) is 11.7. The first-order valence-corrected chi connectivity index (χ1v) is 7.53. The molecule has 28 heavy (non-hydrogen) atoms. The van der Waals surface area contributed by atoms with Crippen LogP contribution in [0.3, 0.4) is 0 Å². The predicted octanol–water partition coefficient (Wildman–Crippen LogP) is 2.87. The number of benzene rings is 1. The smallest absolute Gasteiger partial charge is 0.403 e. The quantitative estimate of drug-likeness (QED) is 0.494. The van der Waals surface area contributed by atoms with E-state index >= 15 is 0 Å². The van der Waals surface area contributed by atoms with E-state index in [9.17, 15) is 22.4 Å². The molecule has 0 aliphatic carbocycles. The van der Waals surface area contributed by atoms with Crippen molar-refractivity contribution in [3.05, 3.63) is 59.2 Å². The summed E-state index contributed by atoms with van der Waals surface area (Å²) in [4.78, 5) is 19.9. The SMILES string of the molecule is O=c1oc(-c2ccc(-n3ccnc3)nn2)nc2cc(F)c(OC(F)(F)F)cc12. The van der Waals surface area contributed by atoms with Crippen molar-refractivity contribution in [2.24, 2.45) is 0 Å². The predicted molar refractivity (Wildman–Crippen MR) is 85.1 cm³/mol. The van der Waals surface area contributed by atoms with Gasteiger partial charge in [0.05, 0.1) is 10.9 Å². The van der Waals surface area contributed by atoms with Gasteiger partial charge in [0.25, 0.3) is 5.89 Å². The van der Waals surface area contributed by atoms with Crippen LogP contribution in [0.1, 0.15) is 0 Å². The van der Waals surface area contributed by atoms with E-state index in [0.29, 0.717) is 18.0 Å². The molecule has 0 amide bonds. The van der Waals surface area contributed by atoms with Gasteiger partial charge in [-0.1, -0.05) is 0 Å². The highest BCUT2D eigenvalue weighted by Crippen LogP contribution is 2.28. The van der Waals surface area contributed by atoms with Crippen LogP contribution >= 0.6 is 0 Å². The molecule has 0 unspecified atom stereocenters. The number of alkyl halides is 3. The lowest BCUT2D eigenvalue weighted by Gasteiger charge is -2.10. The Bertz CT molecular complexity index is 1200. The Morgan fingerprint density at radius 2 is 1.96 bits per heavy atom. The molecule has 1 aromatic carbocycles. The average Bonchev–Trinajstić information content (AvgIpc) is 3.16. The third kappa shape index (κ3) is 3.39. The van der Waals surface area contributed by atoms with Crippen LogP contribution in [-0.2, 0) is 0 Å². The van der Waals surface area contributed by atoms with Gasteiger partial charge >= 0.3 is 12.0 Å². The highest BCUT2D eigenvalue weighted by molar-refractivity contribution is 5.80. The highest BCUT2D eigenvalue weighted by Gasteiger charge is 2.32. The van der Waals surface area contributed by atoms with Crippen LogP contribution in [0.5, 0.6) is 5.75 Å². The van der Waals surface area contributed by atoms with E-state index in [4.69, 9.17) is 4.42 Å². The summed E-state index contributed by atoms with van der Waals surface area (Å²) in [5, 5.41) is 7.43. The number of ether oxygens (including phenoxy) is 1. The first kappa shape index (κ1) is 17.6. The van der Waals surface area contributed by atoms with Crippen molar-refractivity contribution in [3.8, 4) is 23.2 Å². The van der Waals surface area contributed by atoms with Gasteiger partial charge in [-0.25, -0.2) is 19.2 Å². The lowest BCUT2D eigenvalue weighted by molar-refractivity contribution is -0.275. The maximum atomic E-state index is 13.9. The fourth-order valence-corrected chi connectivity index (χ4v) is 2.36. The zero-order valence-corrected chi connectivity index (χ0v) is 13.5. The molecule has 8 nitrogen and oxygen atoms in total.